The minimum atomic E-state index is 0.118. The van der Waals surface area contributed by atoms with Crippen molar-refractivity contribution < 1.29 is 0 Å². The predicted octanol–water partition coefficient (Wildman–Crippen LogP) is 3.41. The summed E-state index contributed by atoms with van der Waals surface area (Å²) in [5, 5.41) is 3.42. The Morgan fingerprint density at radius 1 is 1.08 bits per heavy atom. The Kier molecular flexibility index (Phi) is 5.20. The zero-order chi connectivity index (χ0) is 10.3. The molecule has 0 fully saturated rings. The van der Waals surface area contributed by atoms with Crippen LogP contribution in [0, 0.1) is 0 Å². The van der Waals surface area contributed by atoms with Crippen LogP contribution in [0.1, 0.15) is 34.6 Å². The molecule has 0 bridgehead atoms. The lowest BCUT2D eigenvalue weighted by atomic mass is 10.1. The summed E-state index contributed by atoms with van der Waals surface area (Å²) in [4.78, 5) is 0. The molecule has 0 aliphatic rings. The van der Waals surface area contributed by atoms with Gasteiger partial charge in [0.25, 0.3) is 0 Å². The molecule has 0 aliphatic carbocycles. The highest BCUT2D eigenvalue weighted by molar-refractivity contribution is 5.22. The normalized spacial score (nSPS) is 14.4. The molecule has 0 aromatic rings. The third kappa shape index (κ3) is 7.38. The van der Waals surface area contributed by atoms with Gasteiger partial charge < -0.3 is 5.32 Å². The molecule has 0 radical (unpaired) electrons. The van der Waals surface area contributed by atoms with Crippen LogP contribution in [0.5, 0.6) is 0 Å². The number of allylic oxidation sites excluding steroid dienone is 5. The topological polar surface area (TPSA) is 12.0 Å². The van der Waals surface area contributed by atoms with E-state index in [9.17, 15) is 0 Å². The summed E-state index contributed by atoms with van der Waals surface area (Å²) in [7, 11) is 0. The van der Waals surface area contributed by atoms with E-state index >= 15 is 0 Å². The molecule has 0 aromatic carbocycles. The van der Waals surface area contributed by atoms with E-state index in [0.717, 1.165) is 5.70 Å². The largest absolute Gasteiger partial charge is 0.380 e. The molecule has 74 valence electrons. The van der Waals surface area contributed by atoms with Gasteiger partial charge in [-0.15, -0.1) is 0 Å². The van der Waals surface area contributed by atoms with Crippen molar-refractivity contribution in [3.05, 3.63) is 36.1 Å². The van der Waals surface area contributed by atoms with Crippen LogP contribution in [0.3, 0.4) is 0 Å². The van der Waals surface area contributed by atoms with Crippen LogP contribution < -0.4 is 5.32 Å². The molecule has 0 unspecified atom stereocenters. The van der Waals surface area contributed by atoms with Crippen LogP contribution in [-0.4, -0.2) is 5.54 Å². The van der Waals surface area contributed by atoms with Gasteiger partial charge in [0, 0.05) is 11.2 Å². The van der Waals surface area contributed by atoms with Crippen LogP contribution >= 0.6 is 0 Å². The van der Waals surface area contributed by atoms with E-state index in [1.165, 1.54) is 0 Å². The lowest BCUT2D eigenvalue weighted by Crippen LogP contribution is -2.34. The average Bonchev–Trinajstić information content (AvgIpc) is 1.98. The maximum absolute atomic E-state index is 3.42. The van der Waals surface area contributed by atoms with Gasteiger partial charge in [0.05, 0.1) is 0 Å². The fourth-order valence-corrected chi connectivity index (χ4v) is 0.951. The van der Waals surface area contributed by atoms with Crippen molar-refractivity contribution in [2.75, 3.05) is 0 Å². The smallest absolute Gasteiger partial charge is 0.0340 e. The van der Waals surface area contributed by atoms with Crippen molar-refractivity contribution in [2.45, 2.75) is 40.2 Å². The summed E-state index contributed by atoms with van der Waals surface area (Å²) in [6.45, 7) is 10.5. The minimum Gasteiger partial charge on any atom is -0.380 e. The number of hydrogen-bond acceptors (Lipinski definition) is 1. The number of rotatable bonds is 3. The molecule has 0 rings (SSSR count). The highest BCUT2D eigenvalue weighted by Crippen LogP contribution is 2.04. The first-order chi connectivity index (χ1) is 5.99. The Morgan fingerprint density at radius 2 is 1.69 bits per heavy atom. The van der Waals surface area contributed by atoms with Crippen LogP contribution in [0.15, 0.2) is 36.1 Å². The van der Waals surface area contributed by atoms with E-state index in [4.69, 9.17) is 0 Å². The second kappa shape index (κ2) is 5.63. The van der Waals surface area contributed by atoms with E-state index in [2.05, 4.69) is 38.2 Å². The predicted molar refractivity (Wildman–Crippen MR) is 60.6 cm³/mol. The van der Waals surface area contributed by atoms with Gasteiger partial charge in [-0.1, -0.05) is 18.2 Å². The molecule has 0 heterocycles. The Balaban J connectivity index is 4.44. The summed E-state index contributed by atoms with van der Waals surface area (Å²) in [6, 6.07) is 0. The first-order valence-electron chi connectivity index (χ1n) is 4.73. The van der Waals surface area contributed by atoms with Gasteiger partial charge in [0.15, 0.2) is 0 Å². The van der Waals surface area contributed by atoms with Crippen molar-refractivity contribution in [2.24, 2.45) is 0 Å². The molecule has 13 heavy (non-hydrogen) atoms. The summed E-state index contributed by atoms with van der Waals surface area (Å²) in [5.74, 6) is 0. The maximum atomic E-state index is 3.42. The van der Waals surface area contributed by atoms with Gasteiger partial charge in [-0.25, -0.2) is 0 Å². The minimum absolute atomic E-state index is 0.118. The van der Waals surface area contributed by atoms with Crippen LogP contribution in [0.4, 0.5) is 0 Å². The summed E-state index contributed by atoms with van der Waals surface area (Å²) in [5.41, 5.74) is 1.26. The summed E-state index contributed by atoms with van der Waals surface area (Å²) < 4.78 is 0. The molecular weight excluding hydrogens is 158 g/mol. The molecule has 0 saturated carbocycles. The fourth-order valence-electron chi connectivity index (χ4n) is 0.951. The first kappa shape index (κ1) is 12.0. The monoisotopic (exact) mass is 179 g/mol. The molecule has 1 nitrogen and oxygen atoms in total. The van der Waals surface area contributed by atoms with Crippen LogP contribution in [0.2, 0.25) is 0 Å². The number of nitrogens with one attached hydrogen (secondary N) is 1. The summed E-state index contributed by atoms with van der Waals surface area (Å²) >= 11 is 0. The zero-order valence-electron chi connectivity index (χ0n) is 9.39. The molecule has 0 saturated heterocycles. The first-order valence-corrected chi connectivity index (χ1v) is 4.73. The molecular formula is C12H21N. The maximum Gasteiger partial charge on any atom is 0.0340 e. The van der Waals surface area contributed by atoms with Gasteiger partial charge in [-0.2, -0.15) is 0 Å². The van der Waals surface area contributed by atoms with Crippen molar-refractivity contribution >= 4 is 0 Å². The van der Waals surface area contributed by atoms with Gasteiger partial charge in [0.1, 0.15) is 0 Å². The quantitative estimate of drug-likeness (QED) is 0.655. The highest BCUT2D eigenvalue weighted by Gasteiger charge is 2.08. The van der Waals surface area contributed by atoms with E-state index in [1.54, 1.807) is 0 Å². The average molecular weight is 179 g/mol. The Bertz CT molecular complexity index is 214. The van der Waals surface area contributed by atoms with E-state index in [-0.39, 0.29) is 5.54 Å². The standard InChI is InChI=1S/C12H21N/c1-6-8-10-11(9-7-2)13-12(3,4)5/h6-10,13H,1-5H3/b8-6-,9-7-,11-10+. The van der Waals surface area contributed by atoms with Crippen LogP contribution in [0.25, 0.3) is 0 Å². The molecule has 0 spiro atoms. The number of hydrogen-bond donors (Lipinski definition) is 1. The molecule has 0 aromatic heterocycles. The lowest BCUT2D eigenvalue weighted by Gasteiger charge is -2.22. The van der Waals surface area contributed by atoms with Gasteiger partial charge in [-0.3, -0.25) is 0 Å². The molecule has 0 amide bonds. The van der Waals surface area contributed by atoms with Crippen molar-refractivity contribution in [3.63, 3.8) is 0 Å². The SMILES string of the molecule is C\C=C/C=C(\C=C/C)NC(C)(C)C. The third-order valence-corrected chi connectivity index (χ3v) is 1.33. The van der Waals surface area contributed by atoms with Gasteiger partial charge in [0.2, 0.25) is 0 Å². The molecule has 0 atom stereocenters. The molecule has 1 heteroatoms. The second-order valence-electron chi connectivity index (χ2n) is 4.02. The van der Waals surface area contributed by atoms with Crippen LogP contribution in [-0.2, 0) is 0 Å². The third-order valence-electron chi connectivity index (χ3n) is 1.33. The Hall–Kier alpha value is -0.980. The lowest BCUT2D eigenvalue weighted by molar-refractivity contribution is 0.479. The Morgan fingerprint density at radius 3 is 2.08 bits per heavy atom. The van der Waals surface area contributed by atoms with E-state index < -0.39 is 0 Å². The zero-order valence-corrected chi connectivity index (χ0v) is 9.39. The van der Waals surface area contributed by atoms with E-state index in [0.29, 0.717) is 0 Å². The fraction of sp³-hybridized carbons (Fsp3) is 0.500. The van der Waals surface area contributed by atoms with Crippen molar-refractivity contribution in [3.8, 4) is 0 Å². The summed E-state index contributed by atoms with van der Waals surface area (Å²) in [6.07, 6.45) is 10.2. The van der Waals surface area contributed by atoms with Gasteiger partial charge >= 0.3 is 0 Å². The second-order valence-corrected chi connectivity index (χ2v) is 4.02. The Labute approximate surface area is 82.2 Å². The molecule has 1 N–H and O–H groups in total. The van der Waals surface area contributed by atoms with E-state index in [1.807, 2.05) is 32.1 Å². The van der Waals surface area contributed by atoms with Crippen molar-refractivity contribution in [1.82, 2.24) is 5.32 Å². The van der Waals surface area contributed by atoms with Gasteiger partial charge in [-0.05, 0) is 46.8 Å². The highest BCUT2D eigenvalue weighted by atomic mass is 15.0. The van der Waals surface area contributed by atoms with Crippen molar-refractivity contribution in [1.29, 1.82) is 0 Å². The molecule has 0 aliphatic heterocycles.